The van der Waals surface area contributed by atoms with E-state index in [4.69, 9.17) is 5.11 Å². The normalized spacial score (nSPS) is 10.5. The van der Waals surface area contributed by atoms with Gasteiger partial charge in [0.05, 0.1) is 24.7 Å². The van der Waals surface area contributed by atoms with Gasteiger partial charge in [0.2, 0.25) is 0 Å². The van der Waals surface area contributed by atoms with Crippen LogP contribution in [0.15, 0.2) is 47.7 Å². The van der Waals surface area contributed by atoms with Crippen LogP contribution in [0.4, 0.5) is 13.2 Å². The molecule has 140 valence electrons. The SMILES string of the molecule is COC(=O)c1ccncc1.O=C(O)c1ccn(CCC(F)(F)F)c(=O)c1. The zero-order valence-corrected chi connectivity index (χ0v) is 13.6. The Labute approximate surface area is 145 Å². The smallest absolute Gasteiger partial charge is 0.390 e. The fourth-order valence-electron chi connectivity index (χ4n) is 1.68. The molecule has 0 aromatic carbocycles. The molecule has 0 saturated carbocycles. The standard InChI is InChI=1S/C9H8F3NO3.C7H7NO2/c10-9(11,12)2-4-13-3-1-6(8(15)16)5-7(13)14;1-10-7(9)6-2-4-8-5-3-6/h1,3,5H,2,4H2,(H,15,16);2-5H,1H3. The Morgan fingerprint density at radius 3 is 2.27 bits per heavy atom. The van der Waals surface area contributed by atoms with Crippen molar-refractivity contribution in [2.45, 2.75) is 19.1 Å². The molecule has 0 saturated heterocycles. The molecule has 0 radical (unpaired) electrons. The molecule has 0 amide bonds. The average Bonchev–Trinajstić information content (AvgIpc) is 2.60. The lowest BCUT2D eigenvalue weighted by atomic mass is 10.2. The van der Waals surface area contributed by atoms with Gasteiger partial charge in [0.25, 0.3) is 5.56 Å². The van der Waals surface area contributed by atoms with Gasteiger partial charge in [-0.05, 0) is 18.2 Å². The fourth-order valence-corrected chi connectivity index (χ4v) is 1.68. The number of carbonyl (C=O) groups is 2. The second-order valence-electron chi connectivity index (χ2n) is 4.84. The summed E-state index contributed by atoms with van der Waals surface area (Å²) in [5, 5.41) is 8.53. The van der Waals surface area contributed by atoms with E-state index < -0.39 is 30.7 Å². The highest BCUT2D eigenvalue weighted by Gasteiger charge is 2.26. The minimum absolute atomic E-state index is 0.242. The molecule has 0 bridgehead atoms. The number of carboxylic acid groups (broad SMARTS) is 1. The third kappa shape index (κ3) is 7.16. The van der Waals surface area contributed by atoms with Crippen LogP contribution >= 0.6 is 0 Å². The Morgan fingerprint density at radius 1 is 1.19 bits per heavy atom. The van der Waals surface area contributed by atoms with E-state index in [0.717, 1.165) is 22.9 Å². The lowest BCUT2D eigenvalue weighted by molar-refractivity contribution is -0.136. The Morgan fingerprint density at radius 2 is 1.81 bits per heavy atom. The molecular formula is C16H15F3N2O5. The number of carboxylic acids is 1. The molecule has 2 aromatic heterocycles. The lowest BCUT2D eigenvalue weighted by Crippen LogP contribution is -2.23. The van der Waals surface area contributed by atoms with Crippen LogP contribution in [0.3, 0.4) is 0 Å². The zero-order valence-electron chi connectivity index (χ0n) is 13.6. The van der Waals surface area contributed by atoms with E-state index in [1.54, 1.807) is 24.5 Å². The van der Waals surface area contributed by atoms with Crippen LogP contribution in [0.2, 0.25) is 0 Å². The number of rotatable bonds is 4. The second kappa shape index (κ2) is 9.35. The summed E-state index contributed by atoms with van der Waals surface area (Å²) in [6.07, 6.45) is -1.33. The van der Waals surface area contributed by atoms with Gasteiger partial charge in [0, 0.05) is 31.2 Å². The van der Waals surface area contributed by atoms with E-state index in [1.165, 1.54) is 7.11 Å². The van der Waals surface area contributed by atoms with Crippen LogP contribution in [0.5, 0.6) is 0 Å². The van der Waals surface area contributed by atoms with Crippen LogP contribution in [-0.4, -0.2) is 39.9 Å². The van der Waals surface area contributed by atoms with E-state index in [2.05, 4.69) is 9.72 Å². The number of alkyl halides is 3. The number of nitrogens with zero attached hydrogens (tertiary/aromatic N) is 2. The number of hydrogen-bond donors (Lipinski definition) is 1. The van der Waals surface area contributed by atoms with Gasteiger partial charge in [0.15, 0.2) is 0 Å². The van der Waals surface area contributed by atoms with Crippen molar-refractivity contribution in [2.24, 2.45) is 0 Å². The Hall–Kier alpha value is -3.17. The molecule has 0 aliphatic heterocycles. The monoisotopic (exact) mass is 372 g/mol. The van der Waals surface area contributed by atoms with Crippen molar-refractivity contribution in [3.63, 3.8) is 0 Å². The van der Waals surface area contributed by atoms with Crippen molar-refractivity contribution in [3.8, 4) is 0 Å². The number of aryl methyl sites for hydroxylation is 1. The number of hydrogen-bond acceptors (Lipinski definition) is 5. The van der Waals surface area contributed by atoms with Crippen LogP contribution < -0.4 is 5.56 Å². The lowest BCUT2D eigenvalue weighted by Gasteiger charge is -2.08. The highest BCUT2D eigenvalue weighted by atomic mass is 19.4. The van der Waals surface area contributed by atoms with Crippen molar-refractivity contribution in [2.75, 3.05) is 7.11 Å². The van der Waals surface area contributed by atoms with Gasteiger partial charge in [0.1, 0.15) is 0 Å². The molecule has 0 aliphatic rings. The maximum atomic E-state index is 11.9. The first kappa shape index (κ1) is 20.9. The number of halogens is 3. The number of esters is 1. The minimum Gasteiger partial charge on any atom is -0.478 e. The summed E-state index contributed by atoms with van der Waals surface area (Å²) in [7, 11) is 1.35. The van der Waals surface area contributed by atoms with Gasteiger partial charge in [-0.3, -0.25) is 9.78 Å². The molecular weight excluding hydrogens is 357 g/mol. The van der Waals surface area contributed by atoms with Crippen molar-refractivity contribution in [3.05, 3.63) is 64.3 Å². The molecule has 2 heterocycles. The maximum absolute atomic E-state index is 11.9. The zero-order chi connectivity index (χ0) is 19.7. The molecule has 26 heavy (non-hydrogen) atoms. The summed E-state index contributed by atoms with van der Waals surface area (Å²) >= 11 is 0. The molecule has 0 fully saturated rings. The van der Waals surface area contributed by atoms with Crippen LogP contribution in [0.1, 0.15) is 27.1 Å². The summed E-state index contributed by atoms with van der Waals surface area (Å²) in [5.41, 5.74) is -0.477. The Kier molecular flexibility index (Phi) is 7.51. The van der Waals surface area contributed by atoms with Gasteiger partial charge in [-0.1, -0.05) is 0 Å². The molecule has 2 aromatic rings. The Balaban J connectivity index is 0.000000289. The highest BCUT2D eigenvalue weighted by molar-refractivity contribution is 5.89. The van der Waals surface area contributed by atoms with E-state index in [0.29, 0.717) is 5.56 Å². The van der Waals surface area contributed by atoms with E-state index in [1.807, 2.05) is 0 Å². The number of aromatic nitrogens is 2. The van der Waals surface area contributed by atoms with E-state index in [-0.39, 0.29) is 11.5 Å². The number of pyridine rings is 2. The van der Waals surface area contributed by atoms with Crippen molar-refractivity contribution >= 4 is 11.9 Å². The third-order valence-electron chi connectivity index (χ3n) is 2.98. The summed E-state index contributed by atoms with van der Waals surface area (Å²) in [5.74, 6) is -1.62. The largest absolute Gasteiger partial charge is 0.478 e. The van der Waals surface area contributed by atoms with Gasteiger partial charge < -0.3 is 14.4 Å². The molecule has 0 atom stereocenters. The van der Waals surface area contributed by atoms with Crippen LogP contribution in [-0.2, 0) is 11.3 Å². The minimum atomic E-state index is -4.34. The van der Waals surface area contributed by atoms with E-state index in [9.17, 15) is 27.6 Å². The predicted octanol–water partition coefficient (Wildman–Crippen LogP) is 2.37. The van der Waals surface area contributed by atoms with Crippen molar-refractivity contribution in [1.82, 2.24) is 9.55 Å². The molecule has 0 spiro atoms. The molecule has 2 rings (SSSR count). The topological polar surface area (TPSA) is 98.5 Å². The summed E-state index contributed by atoms with van der Waals surface area (Å²) in [6, 6.07) is 5.08. The summed E-state index contributed by atoms with van der Waals surface area (Å²) in [4.78, 5) is 36.2. The predicted molar refractivity (Wildman–Crippen MR) is 83.9 cm³/mol. The second-order valence-corrected chi connectivity index (χ2v) is 4.84. The highest BCUT2D eigenvalue weighted by Crippen LogP contribution is 2.19. The van der Waals surface area contributed by atoms with E-state index >= 15 is 0 Å². The van der Waals surface area contributed by atoms with Gasteiger partial charge in [-0.2, -0.15) is 13.2 Å². The fraction of sp³-hybridized carbons (Fsp3) is 0.250. The third-order valence-corrected chi connectivity index (χ3v) is 2.98. The number of carbonyl (C=O) groups excluding carboxylic acids is 1. The van der Waals surface area contributed by atoms with Crippen LogP contribution in [0.25, 0.3) is 0 Å². The van der Waals surface area contributed by atoms with Crippen LogP contribution in [0, 0.1) is 0 Å². The summed E-state index contributed by atoms with van der Waals surface area (Å²) in [6.45, 7) is -0.512. The van der Waals surface area contributed by atoms with Crippen molar-refractivity contribution in [1.29, 1.82) is 0 Å². The maximum Gasteiger partial charge on any atom is 0.390 e. The van der Waals surface area contributed by atoms with Gasteiger partial charge in [-0.15, -0.1) is 0 Å². The number of aromatic carboxylic acids is 1. The number of ether oxygens (including phenoxy) is 1. The first-order valence-corrected chi connectivity index (χ1v) is 7.13. The number of methoxy groups -OCH3 is 1. The molecule has 10 heteroatoms. The molecule has 7 nitrogen and oxygen atoms in total. The van der Waals surface area contributed by atoms with Gasteiger partial charge >= 0.3 is 18.1 Å². The quantitative estimate of drug-likeness (QED) is 0.828. The average molecular weight is 372 g/mol. The first-order valence-electron chi connectivity index (χ1n) is 7.13. The molecule has 0 aliphatic carbocycles. The summed E-state index contributed by atoms with van der Waals surface area (Å²) < 4.78 is 40.9. The first-order chi connectivity index (χ1) is 12.1. The molecule has 1 N–H and O–H groups in total. The van der Waals surface area contributed by atoms with Gasteiger partial charge in [-0.25, -0.2) is 9.59 Å². The Bertz CT molecular complexity index is 804. The van der Waals surface area contributed by atoms with Crippen molar-refractivity contribution < 1.29 is 32.6 Å². The molecule has 0 unspecified atom stereocenters.